The maximum atomic E-state index is 12.6. The fraction of sp³-hybridized carbons (Fsp3) is 0.471. The highest BCUT2D eigenvalue weighted by Gasteiger charge is 2.21. The van der Waals surface area contributed by atoms with E-state index in [-0.39, 0.29) is 11.9 Å². The third kappa shape index (κ3) is 2.95. The minimum Gasteiger partial charge on any atom is -0.350 e. The molecule has 0 radical (unpaired) electrons. The van der Waals surface area contributed by atoms with Crippen molar-refractivity contribution in [1.82, 2.24) is 9.47 Å². The Morgan fingerprint density at radius 2 is 2.14 bits per heavy atom. The van der Waals surface area contributed by atoms with Gasteiger partial charge in [0.25, 0.3) is 0 Å². The molecule has 3 rings (SSSR count). The molecular formula is C17H23N3O. The number of nitrogens with two attached hydrogens (primary N) is 1. The molecule has 1 unspecified atom stereocenters. The molecule has 0 saturated carbocycles. The SMILES string of the molecule is Cn1cc(CC(=O)N2CCCCC(N)C2)c2ccccc21. The zero-order valence-corrected chi connectivity index (χ0v) is 12.6. The van der Waals surface area contributed by atoms with Crippen LogP contribution < -0.4 is 5.73 Å². The van der Waals surface area contributed by atoms with Gasteiger partial charge in [0.2, 0.25) is 5.91 Å². The topological polar surface area (TPSA) is 51.3 Å². The van der Waals surface area contributed by atoms with E-state index in [1.165, 1.54) is 10.9 Å². The van der Waals surface area contributed by atoms with Crippen molar-refractivity contribution in [3.8, 4) is 0 Å². The molecule has 0 bridgehead atoms. The second-order valence-electron chi connectivity index (χ2n) is 6.05. The molecule has 1 aromatic heterocycles. The van der Waals surface area contributed by atoms with Crippen molar-refractivity contribution >= 4 is 16.8 Å². The van der Waals surface area contributed by atoms with Crippen LogP contribution in [0.3, 0.4) is 0 Å². The molecule has 2 aromatic rings. The number of aryl methyl sites for hydroxylation is 1. The van der Waals surface area contributed by atoms with Crippen molar-refractivity contribution in [2.24, 2.45) is 12.8 Å². The van der Waals surface area contributed by atoms with E-state index in [2.05, 4.69) is 22.9 Å². The van der Waals surface area contributed by atoms with Crippen molar-refractivity contribution in [2.45, 2.75) is 31.7 Å². The van der Waals surface area contributed by atoms with Gasteiger partial charge in [-0.1, -0.05) is 24.6 Å². The summed E-state index contributed by atoms with van der Waals surface area (Å²) in [7, 11) is 2.03. The van der Waals surface area contributed by atoms with Crippen LogP contribution in [0, 0.1) is 0 Å². The van der Waals surface area contributed by atoms with Crippen molar-refractivity contribution in [3.63, 3.8) is 0 Å². The minimum atomic E-state index is 0.129. The molecule has 4 nitrogen and oxygen atoms in total. The monoisotopic (exact) mass is 285 g/mol. The van der Waals surface area contributed by atoms with Crippen LogP contribution in [0.15, 0.2) is 30.5 Å². The molecule has 1 aliphatic rings. The van der Waals surface area contributed by atoms with Gasteiger partial charge < -0.3 is 15.2 Å². The molecule has 112 valence electrons. The lowest BCUT2D eigenvalue weighted by atomic mass is 10.1. The predicted molar refractivity (Wildman–Crippen MR) is 85.0 cm³/mol. The summed E-state index contributed by atoms with van der Waals surface area (Å²) in [4.78, 5) is 14.5. The van der Waals surface area contributed by atoms with Crippen LogP contribution in [0.25, 0.3) is 10.9 Å². The van der Waals surface area contributed by atoms with Gasteiger partial charge in [0.15, 0.2) is 0 Å². The third-order valence-electron chi connectivity index (χ3n) is 4.38. The fourth-order valence-electron chi connectivity index (χ4n) is 3.24. The zero-order valence-electron chi connectivity index (χ0n) is 12.6. The van der Waals surface area contributed by atoms with Crippen LogP contribution in [-0.4, -0.2) is 34.5 Å². The summed E-state index contributed by atoms with van der Waals surface area (Å²) in [6, 6.07) is 8.36. The number of hydrogen-bond donors (Lipinski definition) is 1. The number of rotatable bonds is 2. The average molecular weight is 285 g/mol. The van der Waals surface area contributed by atoms with E-state index in [9.17, 15) is 4.79 Å². The van der Waals surface area contributed by atoms with Gasteiger partial charge in [-0.3, -0.25) is 4.79 Å². The normalized spacial score (nSPS) is 19.7. The molecule has 2 N–H and O–H groups in total. The first-order valence-electron chi connectivity index (χ1n) is 7.71. The van der Waals surface area contributed by atoms with Crippen molar-refractivity contribution in [3.05, 3.63) is 36.0 Å². The van der Waals surface area contributed by atoms with Gasteiger partial charge >= 0.3 is 0 Å². The van der Waals surface area contributed by atoms with E-state index < -0.39 is 0 Å². The van der Waals surface area contributed by atoms with Crippen molar-refractivity contribution in [1.29, 1.82) is 0 Å². The van der Waals surface area contributed by atoms with Gasteiger partial charge in [-0.2, -0.15) is 0 Å². The summed E-state index contributed by atoms with van der Waals surface area (Å²) in [5.74, 6) is 0.198. The Morgan fingerprint density at radius 3 is 3.00 bits per heavy atom. The molecule has 0 spiro atoms. The van der Waals surface area contributed by atoms with Gasteiger partial charge in [0, 0.05) is 43.3 Å². The fourth-order valence-corrected chi connectivity index (χ4v) is 3.24. The number of aromatic nitrogens is 1. The Kier molecular flexibility index (Phi) is 3.97. The Bertz CT molecular complexity index is 647. The Hall–Kier alpha value is -1.81. The first kappa shape index (κ1) is 14.1. The molecule has 1 aromatic carbocycles. The van der Waals surface area contributed by atoms with E-state index in [1.54, 1.807) is 0 Å². The summed E-state index contributed by atoms with van der Waals surface area (Å²) in [5, 5.41) is 1.17. The summed E-state index contributed by atoms with van der Waals surface area (Å²) < 4.78 is 2.09. The van der Waals surface area contributed by atoms with Gasteiger partial charge in [-0.05, 0) is 24.5 Å². The maximum Gasteiger partial charge on any atom is 0.227 e. The number of carbonyl (C=O) groups is 1. The summed E-state index contributed by atoms with van der Waals surface area (Å²) in [5.41, 5.74) is 8.33. The molecule has 2 heterocycles. The Labute approximate surface area is 125 Å². The van der Waals surface area contributed by atoms with Crippen molar-refractivity contribution < 1.29 is 4.79 Å². The summed E-state index contributed by atoms with van der Waals surface area (Å²) in [6.07, 6.45) is 5.75. The molecule has 1 fully saturated rings. The van der Waals surface area contributed by atoms with E-state index in [0.717, 1.165) is 31.4 Å². The first-order valence-corrected chi connectivity index (χ1v) is 7.71. The highest BCUT2D eigenvalue weighted by atomic mass is 16.2. The van der Waals surface area contributed by atoms with Crippen LogP contribution in [0.1, 0.15) is 24.8 Å². The number of carbonyl (C=O) groups excluding carboxylic acids is 1. The van der Waals surface area contributed by atoms with Gasteiger partial charge in [-0.15, -0.1) is 0 Å². The first-order chi connectivity index (χ1) is 10.1. The number of hydrogen-bond acceptors (Lipinski definition) is 2. The van der Waals surface area contributed by atoms with E-state index in [1.807, 2.05) is 24.1 Å². The molecular weight excluding hydrogens is 262 g/mol. The van der Waals surface area contributed by atoms with E-state index >= 15 is 0 Å². The average Bonchev–Trinajstić information content (AvgIpc) is 2.65. The summed E-state index contributed by atoms with van der Waals surface area (Å²) in [6.45, 7) is 1.54. The smallest absolute Gasteiger partial charge is 0.227 e. The maximum absolute atomic E-state index is 12.6. The van der Waals surface area contributed by atoms with Crippen LogP contribution in [0.4, 0.5) is 0 Å². The van der Waals surface area contributed by atoms with E-state index in [4.69, 9.17) is 5.73 Å². The number of fused-ring (bicyclic) bond motifs is 1. The quantitative estimate of drug-likeness (QED) is 0.918. The van der Waals surface area contributed by atoms with Crippen molar-refractivity contribution in [2.75, 3.05) is 13.1 Å². The molecule has 21 heavy (non-hydrogen) atoms. The predicted octanol–water partition coefficient (Wildman–Crippen LogP) is 2.06. The highest BCUT2D eigenvalue weighted by Crippen LogP contribution is 2.21. The van der Waals surface area contributed by atoms with Gasteiger partial charge in [0.1, 0.15) is 0 Å². The molecule has 1 aliphatic heterocycles. The van der Waals surface area contributed by atoms with Crippen LogP contribution in [0.5, 0.6) is 0 Å². The standard InChI is InChI=1S/C17H23N3O/c1-19-11-13(15-7-2-3-8-16(15)19)10-17(21)20-9-5-4-6-14(18)12-20/h2-3,7-8,11,14H,4-6,9-10,12,18H2,1H3. The number of likely N-dealkylation sites (tertiary alicyclic amines) is 1. The molecule has 1 saturated heterocycles. The Morgan fingerprint density at radius 1 is 1.33 bits per heavy atom. The summed E-state index contributed by atoms with van der Waals surface area (Å²) >= 11 is 0. The highest BCUT2D eigenvalue weighted by molar-refractivity contribution is 5.89. The second kappa shape index (κ2) is 5.90. The minimum absolute atomic E-state index is 0.129. The lowest BCUT2D eigenvalue weighted by Gasteiger charge is -2.22. The second-order valence-corrected chi connectivity index (χ2v) is 6.05. The molecule has 0 aliphatic carbocycles. The molecule has 1 amide bonds. The number of nitrogens with zero attached hydrogens (tertiary/aromatic N) is 2. The van der Waals surface area contributed by atoms with Gasteiger partial charge in [-0.25, -0.2) is 0 Å². The number of amides is 1. The third-order valence-corrected chi connectivity index (χ3v) is 4.38. The molecule has 4 heteroatoms. The lowest BCUT2D eigenvalue weighted by molar-refractivity contribution is -0.130. The Balaban J connectivity index is 1.80. The van der Waals surface area contributed by atoms with Crippen LogP contribution in [0.2, 0.25) is 0 Å². The zero-order chi connectivity index (χ0) is 14.8. The molecule has 1 atom stereocenters. The van der Waals surface area contributed by atoms with Gasteiger partial charge in [0.05, 0.1) is 6.42 Å². The largest absolute Gasteiger partial charge is 0.350 e. The van der Waals surface area contributed by atoms with E-state index in [0.29, 0.717) is 13.0 Å². The number of para-hydroxylation sites is 1. The number of benzene rings is 1. The van der Waals surface area contributed by atoms with Crippen LogP contribution in [-0.2, 0) is 18.3 Å². The lowest BCUT2D eigenvalue weighted by Crippen LogP contribution is -2.40. The van der Waals surface area contributed by atoms with Crippen LogP contribution >= 0.6 is 0 Å².